The molecule has 2 aromatic rings. The fraction of sp³-hybridized carbons (Fsp3) is 0.316. The smallest absolute Gasteiger partial charge is 0.251 e. The first-order chi connectivity index (χ1) is 12.2. The molecule has 0 bridgehead atoms. The number of aliphatic hydroxyl groups excluding tert-OH is 1. The first kappa shape index (κ1) is 19.9. The second-order valence-electron chi connectivity index (χ2n) is 6.77. The highest BCUT2D eigenvalue weighted by molar-refractivity contribution is 7.92. The van der Waals surface area contributed by atoms with Crippen molar-refractivity contribution in [2.45, 2.75) is 13.3 Å². The van der Waals surface area contributed by atoms with E-state index in [1.165, 1.54) is 12.1 Å². The van der Waals surface area contributed by atoms with Crippen molar-refractivity contribution in [2.75, 3.05) is 24.1 Å². The Kier molecular flexibility index (Phi) is 6.39. The fourth-order valence-corrected chi connectivity index (χ4v) is 3.13. The summed E-state index contributed by atoms with van der Waals surface area (Å²) in [5.74, 6) is -0.274. The average molecular weight is 376 g/mol. The van der Waals surface area contributed by atoms with Crippen molar-refractivity contribution in [3.05, 3.63) is 65.7 Å². The van der Waals surface area contributed by atoms with Crippen LogP contribution in [0.3, 0.4) is 0 Å². The minimum Gasteiger partial charge on any atom is -0.396 e. The van der Waals surface area contributed by atoms with Gasteiger partial charge in [-0.15, -0.1) is 0 Å². The van der Waals surface area contributed by atoms with E-state index in [0.717, 1.165) is 11.8 Å². The molecule has 0 aliphatic rings. The molecule has 0 saturated carbocycles. The number of hydrogen-bond acceptors (Lipinski definition) is 4. The minimum atomic E-state index is -3.35. The number of sulfonamides is 1. The van der Waals surface area contributed by atoms with Gasteiger partial charge in [0.25, 0.3) is 5.91 Å². The van der Waals surface area contributed by atoms with Crippen molar-refractivity contribution in [3.63, 3.8) is 0 Å². The lowest BCUT2D eigenvalue weighted by Crippen LogP contribution is -2.39. The number of amides is 1. The standard InChI is InChI=1S/C19H24N2O4S/c1-19(14-22,12-15-6-4-3-5-7-15)13-20-18(23)16-8-10-17(11-9-16)21-26(2,24)25/h3-11,21-22H,12-14H2,1-2H3,(H,20,23). The SMILES string of the molecule is CC(CO)(CNC(=O)c1ccc(NS(C)(=O)=O)cc1)Cc1ccccc1. The predicted octanol–water partition coefficient (Wildman–Crippen LogP) is 2.03. The quantitative estimate of drug-likeness (QED) is 0.657. The summed E-state index contributed by atoms with van der Waals surface area (Å²) < 4.78 is 24.8. The fourth-order valence-electron chi connectivity index (χ4n) is 2.56. The van der Waals surface area contributed by atoms with E-state index in [9.17, 15) is 18.3 Å². The summed E-state index contributed by atoms with van der Waals surface area (Å²) in [6.45, 7) is 2.18. The molecule has 0 aliphatic heterocycles. The van der Waals surface area contributed by atoms with Gasteiger partial charge in [-0.1, -0.05) is 37.3 Å². The zero-order chi connectivity index (χ0) is 19.2. The average Bonchev–Trinajstić information content (AvgIpc) is 2.60. The summed E-state index contributed by atoms with van der Waals surface area (Å²) in [5.41, 5.74) is 1.43. The van der Waals surface area contributed by atoms with E-state index < -0.39 is 15.4 Å². The van der Waals surface area contributed by atoms with E-state index >= 15 is 0 Å². The van der Waals surface area contributed by atoms with E-state index in [0.29, 0.717) is 24.2 Å². The molecule has 1 unspecified atom stereocenters. The second kappa shape index (κ2) is 8.33. The number of anilines is 1. The first-order valence-corrected chi connectivity index (χ1v) is 10.1. The molecule has 140 valence electrons. The summed E-state index contributed by atoms with van der Waals surface area (Å²) in [6, 6.07) is 16.0. The van der Waals surface area contributed by atoms with Crippen LogP contribution in [-0.2, 0) is 16.4 Å². The Balaban J connectivity index is 1.97. The van der Waals surface area contributed by atoms with Crippen LogP contribution in [0.1, 0.15) is 22.8 Å². The summed E-state index contributed by atoms with van der Waals surface area (Å²) in [5, 5.41) is 12.6. The number of aliphatic hydroxyl groups is 1. The molecule has 0 aromatic heterocycles. The first-order valence-electron chi connectivity index (χ1n) is 8.22. The van der Waals surface area contributed by atoms with Gasteiger partial charge in [-0.05, 0) is 36.2 Å². The zero-order valence-corrected chi connectivity index (χ0v) is 15.7. The number of benzene rings is 2. The Hall–Kier alpha value is -2.38. The van der Waals surface area contributed by atoms with Crippen LogP contribution in [0, 0.1) is 5.41 Å². The largest absolute Gasteiger partial charge is 0.396 e. The summed E-state index contributed by atoms with van der Waals surface area (Å²) in [4.78, 5) is 12.3. The summed E-state index contributed by atoms with van der Waals surface area (Å²) >= 11 is 0. The van der Waals surface area contributed by atoms with Crippen LogP contribution in [0.15, 0.2) is 54.6 Å². The third kappa shape index (κ3) is 6.16. The monoisotopic (exact) mass is 376 g/mol. The van der Waals surface area contributed by atoms with Gasteiger partial charge in [0.15, 0.2) is 0 Å². The van der Waals surface area contributed by atoms with Gasteiger partial charge in [0, 0.05) is 23.2 Å². The number of rotatable bonds is 8. The van der Waals surface area contributed by atoms with Crippen molar-refractivity contribution in [2.24, 2.45) is 5.41 Å². The normalized spacial score (nSPS) is 13.7. The molecular weight excluding hydrogens is 352 g/mol. The van der Waals surface area contributed by atoms with Gasteiger partial charge in [-0.25, -0.2) is 8.42 Å². The Morgan fingerprint density at radius 2 is 1.69 bits per heavy atom. The van der Waals surface area contributed by atoms with Crippen LogP contribution in [0.4, 0.5) is 5.69 Å². The van der Waals surface area contributed by atoms with Crippen molar-refractivity contribution < 1.29 is 18.3 Å². The topological polar surface area (TPSA) is 95.5 Å². The van der Waals surface area contributed by atoms with E-state index in [2.05, 4.69) is 10.0 Å². The molecule has 2 aromatic carbocycles. The molecule has 6 nitrogen and oxygen atoms in total. The van der Waals surface area contributed by atoms with Crippen LogP contribution < -0.4 is 10.0 Å². The summed E-state index contributed by atoms with van der Waals surface area (Å²) in [7, 11) is -3.35. The van der Waals surface area contributed by atoms with Gasteiger partial charge in [0.05, 0.1) is 12.9 Å². The maximum Gasteiger partial charge on any atom is 0.251 e. The third-order valence-electron chi connectivity index (χ3n) is 3.98. The molecule has 1 amide bonds. The number of nitrogens with one attached hydrogen (secondary N) is 2. The molecule has 0 heterocycles. The second-order valence-corrected chi connectivity index (χ2v) is 8.51. The summed E-state index contributed by atoms with van der Waals surface area (Å²) in [6.07, 6.45) is 1.71. The van der Waals surface area contributed by atoms with Crippen molar-refractivity contribution >= 4 is 21.6 Å². The maximum absolute atomic E-state index is 12.3. The van der Waals surface area contributed by atoms with Crippen molar-refractivity contribution in [1.82, 2.24) is 5.32 Å². The molecule has 0 aliphatic carbocycles. The Bertz CT molecular complexity index is 836. The Morgan fingerprint density at radius 3 is 2.23 bits per heavy atom. The predicted molar refractivity (Wildman–Crippen MR) is 103 cm³/mol. The van der Waals surface area contributed by atoms with Crippen molar-refractivity contribution in [1.29, 1.82) is 0 Å². The Labute approximate surface area is 154 Å². The van der Waals surface area contributed by atoms with E-state index in [-0.39, 0.29) is 12.5 Å². The highest BCUT2D eigenvalue weighted by Crippen LogP contribution is 2.21. The molecule has 3 N–H and O–H groups in total. The van der Waals surface area contributed by atoms with E-state index in [4.69, 9.17) is 0 Å². The number of carbonyl (C=O) groups excluding carboxylic acids is 1. The van der Waals surface area contributed by atoms with Crippen LogP contribution in [0.25, 0.3) is 0 Å². The van der Waals surface area contributed by atoms with Crippen LogP contribution in [0.2, 0.25) is 0 Å². The van der Waals surface area contributed by atoms with Gasteiger partial charge in [0.2, 0.25) is 10.0 Å². The van der Waals surface area contributed by atoms with Crippen LogP contribution in [0.5, 0.6) is 0 Å². The van der Waals surface area contributed by atoms with Gasteiger partial charge >= 0.3 is 0 Å². The molecule has 7 heteroatoms. The molecule has 0 radical (unpaired) electrons. The Morgan fingerprint density at radius 1 is 1.08 bits per heavy atom. The lowest BCUT2D eigenvalue weighted by atomic mass is 9.84. The van der Waals surface area contributed by atoms with E-state index in [1.807, 2.05) is 37.3 Å². The molecular formula is C19H24N2O4S. The van der Waals surface area contributed by atoms with Crippen LogP contribution >= 0.6 is 0 Å². The van der Waals surface area contributed by atoms with Gasteiger partial charge < -0.3 is 10.4 Å². The third-order valence-corrected chi connectivity index (χ3v) is 4.59. The molecule has 0 spiro atoms. The van der Waals surface area contributed by atoms with Gasteiger partial charge in [-0.2, -0.15) is 0 Å². The molecule has 0 fully saturated rings. The molecule has 26 heavy (non-hydrogen) atoms. The number of carbonyl (C=O) groups is 1. The highest BCUT2D eigenvalue weighted by Gasteiger charge is 2.25. The van der Waals surface area contributed by atoms with Crippen molar-refractivity contribution in [3.8, 4) is 0 Å². The maximum atomic E-state index is 12.3. The lowest BCUT2D eigenvalue weighted by molar-refractivity contribution is 0.0895. The molecule has 1 atom stereocenters. The van der Waals surface area contributed by atoms with Crippen LogP contribution in [-0.4, -0.2) is 38.8 Å². The van der Waals surface area contributed by atoms with E-state index in [1.54, 1.807) is 12.1 Å². The molecule has 0 saturated heterocycles. The minimum absolute atomic E-state index is 0.0562. The zero-order valence-electron chi connectivity index (χ0n) is 14.9. The van der Waals surface area contributed by atoms with Gasteiger partial charge in [-0.3, -0.25) is 9.52 Å². The lowest BCUT2D eigenvalue weighted by Gasteiger charge is -2.27. The highest BCUT2D eigenvalue weighted by atomic mass is 32.2. The number of hydrogen-bond donors (Lipinski definition) is 3. The van der Waals surface area contributed by atoms with Gasteiger partial charge in [0.1, 0.15) is 0 Å². The molecule has 2 rings (SSSR count).